The lowest BCUT2D eigenvalue weighted by atomic mass is 9.97. The van der Waals surface area contributed by atoms with Crippen molar-refractivity contribution in [3.63, 3.8) is 0 Å². The molecule has 3 fully saturated rings. The lowest BCUT2D eigenvalue weighted by Gasteiger charge is -2.40. The van der Waals surface area contributed by atoms with E-state index in [0.29, 0.717) is 0 Å². The van der Waals surface area contributed by atoms with Gasteiger partial charge in [0, 0.05) is 13.2 Å². The summed E-state index contributed by atoms with van der Waals surface area (Å²) in [7, 11) is 0. The predicted molar refractivity (Wildman–Crippen MR) is 110 cm³/mol. The van der Waals surface area contributed by atoms with Crippen molar-refractivity contribution in [2.75, 3.05) is 24.7 Å². The zero-order valence-electron chi connectivity index (χ0n) is 16.4. The second-order valence-electron chi connectivity index (χ2n) is 7.63. The minimum atomic E-state index is -0.313. The molecule has 3 aliphatic rings. The van der Waals surface area contributed by atoms with Gasteiger partial charge in [-0.05, 0) is 62.9 Å². The van der Waals surface area contributed by atoms with E-state index in [0.717, 1.165) is 76.1 Å². The average Bonchev–Trinajstić information content (AvgIpc) is 2.79. The van der Waals surface area contributed by atoms with Crippen molar-refractivity contribution >= 4 is 23.5 Å². The molecule has 26 heavy (non-hydrogen) atoms. The Morgan fingerprint density at radius 1 is 0.923 bits per heavy atom. The van der Waals surface area contributed by atoms with Gasteiger partial charge >= 0.3 is 0 Å². The number of thioether (sulfide) groups is 2. The van der Waals surface area contributed by atoms with E-state index in [9.17, 15) is 5.11 Å². The molecular formula is C20H36O4S2. The minimum absolute atomic E-state index is 0.0232. The molecular weight excluding hydrogens is 368 g/mol. The predicted octanol–water partition coefficient (Wildman–Crippen LogP) is 4.24. The van der Waals surface area contributed by atoms with Gasteiger partial charge in [0.25, 0.3) is 0 Å². The Labute approximate surface area is 167 Å². The van der Waals surface area contributed by atoms with Gasteiger partial charge in [-0.25, -0.2) is 0 Å². The van der Waals surface area contributed by atoms with Gasteiger partial charge in [0.15, 0.2) is 0 Å². The van der Waals surface area contributed by atoms with Crippen molar-refractivity contribution in [2.24, 2.45) is 0 Å². The van der Waals surface area contributed by atoms with Gasteiger partial charge in [-0.1, -0.05) is 13.8 Å². The van der Waals surface area contributed by atoms with Gasteiger partial charge in [0.2, 0.25) is 0 Å². The summed E-state index contributed by atoms with van der Waals surface area (Å²) in [5, 5.41) is 10.3. The first-order valence-corrected chi connectivity index (χ1v) is 12.5. The second kappa shape index (κ2) is 10.4. The van der Waals surface area contributed by atoms with E-state index < -0.39 is 0 Å². The number of ether oxygens (including phenoxy) is 3. The van der Waals surface area contributed by atoms with Crippen LogP contribution < -0.4 is 0 Å². The molecule has 3 aliphatic heterocycles. The molecule has 1 N–H and O–H groups in total. The molecule has 0 saturated carbocycles. The fraction of sp³-hybridized carbons (Fsp3) is 1.00. The molecule has 6 heteroatoms. The maximum atomic E-state index is 10.3. The molecule has 0 amide bonds. The molecule has 4 nitrogen and oxygen atoms in total. The molecule has 5 atom stereocenters. The molecule has 0 unspecified atom stereocenters. The maximum absolute atomic E-state index is 10.3. The molecule has 3 saturated heterocycles. The summed E-state index contributed by atoms with van der Waals surface area (Å²) in [6, 6.07) is 0. The van der Waals surface area contributed by atoms with E-state index in [-0.39, 0.29) is 34.6 Å². The van der Waals surface area contributed by atoms with Crippen LogP contribution in [0.4, 0.5) is 0 Å². The van der Waals surface area contributed by atoms with Crippen LogP contribution in [0.2, 0.25) is 0 Å². The Hall–Kier alpha value is 0.540. The smallest absolute Gasteiger partial charge is 0.0872 e. The van der Waals surface area contributed by atoms with Crippen molar-refractivity contribution in [1.29, 1.82) is 0 Å². The molecule has 152 valence electrons. The van der Waals surface area contributed by atoms with Gasteiger partial charge in [-0.2, -0.15) is 0 Å². The third-order valence-electron chi connectivity index (χ3n) is 5.88. The van der Waals surface area contributed by atoms with Crippen molar-refractivity contribution in [2.45, 2.75) is 99.8 Å². The van der Waals surface area contributed by atoms with E-state index in [4.69, 9.17) is 14.2 Å². The highest BCUT2D eigenvalue weighted by Gasteiger charge is 2.46. The number of hydrogen-bond donors (Lipinski definition) is 1. The van der Waals surface area contributed by atoms with Gasteiger partial charge in [0.1, 0.15) is 0 Å². The third kappa shape index (κ3) is 5.12. The third-order valence-corrected chi connectivity index (χ3v) is 9.08. The lowest BCUT2D eigenvalue weighted by molar-refractivity contribution is -0.127. The second-order valence-corrected chi connectivity index (χ2v) is 11.1. The highest BCUT2D eigenvalue weighted by Crippen LogP contribution is 2.50. The summed E-state index contributed by atoms with van der Waals surface area (Å²) >= 11 is 4.12. The molecule has 0 spiro atoms. The molecule has 0 aromatic rings. The number of rotatable bonds is 7. The van der Waals surface area contributed by atoms with Crippen LogP contribution in [-0.4, -0.2) is 64.4 Å². The Morgan fingerprint density at radius 3 is 2.38 bits per heavy atom. The Balaban J connectivity index is 1.72. The van der Waals surface area contributed by atoms with Crippen LogP contribution in [0.3, 0.4) is 0 Å². The van der Waals surface area contributed by atoms with E-state index in [1.165, 1.54) is 0 Å². The highest BCUT2D eigenvalue weighted by atomic mass is 32.2. The van der Waals surface area contributed by atoms with Crippen molar-refractivity contribution < 1.29 is 19.3 Å². The van der Waals surface area contributed by atoms with Crippen LogP contribution >= 0.6 is 23.5 Å². The van der Waals surface area contributed by atoms with Crippen molar-refractivity contribution in [1.82, 2.24) is 0 Å². The van der Waals surface area contributed by atoms with Crippen LogP contribution in [0.25, 0.3) is 0 Å². The van der Waals surface area contributed by atoms with E-state index >= 15 is 0 Å². The number of aliphatic hydroxyl groups is 1. The molecule has 0 aromatic carbocycles. The van der Waals surface area contributed by atoms with Crippen molar-refractivity contribution in [3.8, 4) is 0 Å². The molecule has 3 heterocycles. The zero-order valence-corrected chi connectivity index (χ0v) is 18.0. The van der Waals surface area contributed by atoms with Crippen LogP contribution in [0.5, 0.6) is 0 Å². The van der Waals surface area contributed by atoms with Crippen LogP contribution in [0, 0.1) is 0 Å². The first-order chi connectivity index (χ1) is 12.7. The topological polar surface area (TPSA) is 47.9 Å². The van der Waals surface area contributed by atoms with E-state index in [2.05, 4.69) is 37.4 Å². The fourth-order valence-corrected chi connectivity index (χ4v) is 7.88. The monoisotopic (exact) mass is 404 g/mol. The van der Waals surface area contributed by atoms with Crippen molar-refractivity contribution in [3.05, 3.63) is 0 Å². The van der Waals surface area contributed by atoms with E-state index in [1.807, 2.05) is 0 Å². The standard InChI is InChI=1S/C20H36O4S2/c1-3-25-20(26-4-2)12-11-17-18(8-6-14-23-17)24-19(20)10-9-16-15(21)7-5-13-22-16/h15-19,21H,3-14H2,1-2H3/t15-,16+,17-,18+,19-/m0/s1. The average molecular weight is 405 g/mol. The van der Waals surface area contributed by atoms with Gasteiger partial charge in [0.05, 0.1) is 34.6 Å². The lowest BCUT2D eigenvalue weighted by Crippen LogP contribution is -2.43. The maximum Gasteiger partial charge on any atom is 0.0872 e. The number of hydrogen-bond acceptors (Lipinski definition) is 6. The quantitative estimate of drug-likeness (QED) is 0.641. The highest BCUT2D eigenvalue weighted by molar-refractivity contribution is 8.18. The molecule has 3 rings (SSSR count). The van der Waals surface area contributed by atoms with Gasteiger partial charge < -0.3 is 19.3 Å². The van der Waals surface area contributed by atoms with Gasteiger partial charge in [-0.3, -0.25) is 0 Å². The van der Waals surface area contributed by atoms with Crippen LogP contribution in [0.1, 0.15) is 65.2 Å². The largest absolute Gasteiger partial charge is 0.390 e. The molecule has 0 bridgehead atoms. The SMILES string of the molecule is CCSC1(SCC)CC[C@@H]2OCCC[C@H]2O[C@H]1CC[C@H]1OCCC[C@@H]1O. The summed E-state index contributed by atoms with van der Waals surface area (Å²) in [5.74, 6) is 2.21. The fourth-order valence-electron chi connectivity index (χ4n) is 4.62. The van der Waals surface area contributed by atoms with Gasteiger partial charge in [-0.15, -0.1) is 23.5 Å². The summed E-state index contributed by atoms with van der Waals surface area (Å²) in [4.78, 5) is 0. The van der Waals surface area contributed by atoms with Crippen LogP contribution in [0.15, 0.2) is 0 Å². The first kappa shape index (κ1) is 21.3. The minimum Gasteiger partial charge on any atom is -0.390 e. The summed E-state index contributed by atoms with van der Waals surface area (Å²) in [6.07, 6.45) is 8.53. The molecule has 0 radical (unpaired) electrons. The Bertz CT molecular complexity index is 417. The van der Waals surface area contributed by atoms with E-state index in [1.54, 1.807) is 0 Å². The number of aliphatic hydroxyl groups excluding tert-OH is 1. The summed E-state index contributed by atoms with van der Waals surface area (Å²) in [5.41, 5.74) is 0. The molecule has 0 aliphatic carbocycles. The summed E-state index contributed by atoms with van der Waals surface area (Å²) < 4.78 is 18.8. The zero-order chi connectivity index (χ0) is 18.4. The molecule has 0 aromatic heterocycles. The number of fused-ring (bicyclic) bond motifs is 1. The Kier molecular flexibility index (Phi) is 8.46. The first-order valence-electron chi connectivity index (χ1n) is 10.5. The van der Waals surface area contributed by atoms with Crippen LogP contribution in [-0.2, 0) is 14.2 Å². The normalized spacial score (nSPS) is 37.7. The summed E-state index contributed by atoms with van der Waals surface area (Å²) in [6.45, 7) is 6.17. The Morgan fingerprint density at radius 2 is 1.65 bits per heavy atom.